The van der Waals surface area contributed by atoms with E-state index in [0.29, 0.717) is 12.1 Å². The number of benzene rings is 1. The van der Waals surface area contributed by atoms with E-state index in [1.54, 1.807) is 34.0 Å². The van der Waals surface area contributed by atoms with Crippen molar-refractivity contribution in [1.29, 1.82) is 0 Å². The Morgan fingerprint density at radius 1 is 1.22 bits per heavy atom. The Labute approximate surface area is 159 Å². The van der Waals surface area contributed by atoms with Gasteiger partial charge in [-0.25, -0.2) is 19.4 Å². The van der Waals surface area contributed by atoms with Crippen molar-refractivity contribution in [1.82, 2.24) is 29.5 Å². The average molecular weight is 380 g/mol. The summed E-state index contributed by atoms with van der Waals surface area (Å²) >= 11 is 1.50. The lowest BCUT2D eigenvalue weighted by atomic mass is 10.1. The molecule has 4 rings (SSSR count). The highest BCUT2D eigenvalue weighted by atomic mass is 32.1. The van der Waals surface area contributed by atoms with Crippen LogP contribution in [0.15, 0.2) is 54.7 Å². The number of thiazole rings is 1. The molecule has 0 radical (unpaired) electrons. The fourth-order valence-corrected chi connectivity index (χ4v) is 3.29. The van der Waals surface area contributed by atoms with Crippen molar-refractivity contribution < 1.29 is 9.53 Å². The second kappa shape index (κ2) is 7.50. The summed E-state index contributed by atoms with van der Waals surface area (Å²) in [6.45, 7) is 0.738. The molecule has 0 spiro atoms. The number of hydrogen-bond acceptors (Lipinski definition) is 7. The van der Waals surface area contributed by atoms with Gasteiger partial charge in [-0.15, -0.1) is 11.3 Å². The van der Waals surface area contributed by atoms with Crippen LogP contribution in [0.5, 0.6) is 0 Å². The van der Waals surface area contributed by atoms with Crippen LogP contribution in [0.1, 0.15) is 21.6 Å². The number of carbonyl (C=O) groups excluding carboxylic acids is 1. The zero-order valence-electron chi connectivity index (χ0n) is 14.5. The molecule has 0 aliphatic carbocycles. The number of nitrogens with zero attached hydrogens (tertiary/aromatic N) is 6. The highest BCUT2D eigenvalue weighted by molar-refractivity contribution is 7.13. The molecule has 8 nitrogen and oxygen atoms in total. The lowest BCUT2D eigenvalue weighted by Crippen LogP contribution is -2.06. The standard InChI is InChI=1S/C18H16N6O2S/c1-23-8-15(6-20-23)17-22-16(10-27-17)9-26-18(25)14-4-2-13(3-5-14)7-24-12-19-11-21-24/h2-6,8,10-12H,7,9H2,1H3. The molecular formula is C18H16N6O2S. The SMILES string of the molecule is Cn1cc(-c2nc(COC(=O)c3ccc(Cn4cncn4)cc3)cs2)cn1. The molecule has 1 aromatic carbocycles. The summed E-state index contributed by atoms with van der Waals surface area (Å²) in [7, 11) is 1.86. The highest BCUT2D eigenvalue weighted by Crippen LogP contribution is 2.23. The first kappa shape index (κ1) is 17.1. The molecule has 0 saturated carbocycles. The van der Waals surface area contributed by atoms with Crippen LogP contribution in [0.4, 0.5) is 0 Å². The molecule has 9 heteroatoms. The van der Waals surface area contributed by atoms with Crippen molar-refractivity contribution in [3.8, 4) is 10.6 Å². The molecule has 0 bridgehead atoms. The summed E-state index contributed by atoms with van der Waals surface area (Å²) in [6, 6.07) is 7.25. The topological polar surface area (TPSA) is 87.7 Å². The van der Waals surface area contributed by atoms with Gasteiger partial charge in [-0.05, 0) is 17.7 Å². The third kappa shape index (κ3) is 4.09. The Bertz CT molecular complexity index is 1040. The molecule has 0 fully saturated rings. The predicted octanol–water partition coefficient (Wildman–Crippen LogP) is 2.54. The number of aryl methyl sites for hydroxylation is 1. The quantitative estimate of drug-likeness (QED) is 0.478. The molecule has 0 atom stereocenters. The number of aromatic nitrogens is 6. The lowest BCUT2D eigenvalue weighted by molar-refractivity contribution is 0.0468. The van der Waals surface area contributed by atoms with Crippen molar-refractivity contribution in [3.63, 3.8) is 0 Å². The van der Waals surface area contributed by atoms with E-state index >= 15 is 0 Å². The molecular weight excluding hydrogens is 364 g/mol. The fourth-order valence-electron chi connectivity index (χ4n) is 2.51. The van der Waals surface area contributed by atoms with E-state index in [0.717, 1.165) is 21.8 Å². The Balaban J connectivity index is 1.34. The van der Waals surface area contributed by atoms with Crippen molar-refractivity contribution in [3.05, 3.63) is 71.5 Å². The van der Waals surface area contributed by atoms with Gasteiger partial charge >= 0.3 is 5.97 Å². The summed E-state index contributed by atoms with van der Waals surface area (Å²) in [5.41, 5.74) is 3.19. The predicted molar refractivity (Wildman–Crippen MR) is 99.0 cm³/mol. The smallest absolute Gasteiger partial charge is 0.338 e. The molecule has 0 amide bonds. The third-order valence-corrected chi connectivity index (χ3v) is 4.80. The third-order valence-electron chi connectivity index (χ3n) is 3.86. The first-order valence-corrected chi connectivity index (χ1v) is 9.07. The van der Waals surface area contributed by atoms with E-state index in [9.17, 15) is 4.79 Å². The van der Waals surface area contributed by atoms with Crippen molar-refractivity contribution in [2.75, 3.05) is 0 Å². The fraction of sp³-hybridized carbons (Fsp3) is 0.167. The van der Waals surface area contributed by atoms with E-state index < -0.39 is 0 Å². The maximum atomic E-state index is 12.2. The second-order valence-corrected chi connectivity index (χ2v) is 6.77. The van der Waals surface area contributed by atoms with Crippen LogP contribution in [0, 0.1) is 0 Å². The Morgan fingerprint density at radius 3 is 2.78 bits per heavy atom. The number of ether oxygens (including phenoxy) is 1. The zero-order valence-corrected chi connectivity index (χ0v) is 15.3. The van der Waals surface area contributed by atoms with Gasteiger partial charge in [-0.3, -0.25) is 4.68 Å². The minimum atomic E-state index is -0.377. The van der Waals surface area contributed by atoms with E-state index in [1.807, 2.05) is 30.8 Å². The monoisotopic (exact) mass is 380 g/mol. The molecule has 0 N–H and O–H groups in total. The highest BCUT2D eigenvalue weighted by Gasteiger charge is 2.11. The van der Waals surface area contributed by atoms with Crippen molar-refractivity contribution in [2.45, 2.75) is 13.2 Å². The van der Waals surface area contributed by atoms with Gasteiger partial charge in [0.25, 0.3) is 0 Å². The summed E-state index contributed by atoms with van der Waals surface area (Å²) in [6.07, 6.45) is 6.80. The van der Waals surface area contributed by atoms with Crippen LogP contribution in [0.3, 0.4) is 0 Å². The second-order valence-electron chi connectivity index (χ2n) is 5.91. The van der Waals surface area contributed by atoms with Gasteiger partial charge in [0.15, 0.2) is 0 Å². The first-order valence-electron chi connectivity index (χ1n) is 8.19. The maximum absolute atomic E-state index is 12.2. The number of esters is 1. The molecule has 136 valence electrons. The van der Waals surface area contributed by atoms with Crippen LogP contribution in [0.25, 0.3) is 10.6 Å². The minimum absolute atomic E-state index is 0.135. The summed E-state index contributed by atoms with van der Waals surface area (Å²) in [5.74, 6) is -0.377. The molecule has 3 aromatic heterocycles. The van der Waals surface area contributed by atoms with E-state index in [1.165, 1.54) is 17.7 Å². The lowest BCUT2D eigenvalue weighted by Gasteiger charge is -2.05. The molecule has 27 heavy (non-hydrogen) atoms. The first-order chi connectivity index (χ1) is 13.2. The summed E-state index contributed by atoms with van der Waals surface area (Å²) in [5, 5.41) is 10.9. The van der Waals surface area contributed by atoms with Gasteiger partial charge in [-0.2, -0.15) is 10.2 Å². The maximum Gasteiger partial charge on any atom is 0.338 e. The molecule has 3 heterocycles. The molecule has 4 aromatic rings. The Kier molecular flexibility index (Phi) is 4.75. The van der Waals surface area contributed by atoms with Crippen LogP contribution in [-0.4, -0.2) is 35.5 Å². The minimum Gasteiger partial charge on any atom is -0.456 e. The number of carbonyl (C=O) groups is 1. The van der Waals surface area contributed by atoms with Gasteiger partial charge in [0.1, 0.15) is 24.3 Å². The normalized spacial score (nSPS) is 10.9. The molecule has 0 aliphatic heterocycles. The van der Waals surface area contributed by atoms with Crippen molar-refractivity contribution in [2.24, 2.45) is 7.05 Å². The largest absolute Gasteiger partial charge is 0.456 e. The average Bonchev–Trinajstić information content (AvgIpc) is 3.42. The zero-order chi connectivity index (χ0) is 18.6. The van der Waals surface area contributed by atoms with Crippen molar-refractivity contribution >= 4 is 17.3 Å². The van der Waals surface area contributed by atoms with Gasteiger partial charge in [0.05, 0.1) is 24.0 Å². The summed E-state index contributed by atoms with van der Waals surface area (Å²) in [4.78, 5) is 20.6. The van der Waals surface area contributed by atoms with Crippen LogP contribution < -0.4 is 0 Å². The van der Waals surface area contributed by atoms with E-state index in [4.69, 9.17) is 4.74 Å². The Hall–Kier alpha value is -3.33. The molecule has 0 saturated heterocycles. The van der Waals surface area contributed by atoms with Gasteiger partial charge in [0.2, 0.25) is 0 Å². The van der Waals surface area contributed by atoms with Crippen LogP contribution in [-0.2, 0) is 24.9 Å². The summed E-state index contributed by atoms with van der Waals surface area (Å²) < 4.78 is 8.81. The van der Waals surface area contributed by atoms with Gasteiger partial charge < -0.3 is 4.74 Å². The van der Waals surface area contributed by atoms with E-state index in [2.05, 4.69) is 20.2 Å². The van der Waals surface area contributed by atoms with Crippen LogP contribution in [0.2, 0.25) is 0 Å². The number of hydrogen-bond donors (Lipinski definition) is 0. The van der Waals surface area contributed by atoms with Gasteiger partial charge in [0, 0.05) is 24.2 Å². The molecule has 0 unspecified atom stereocenters. The van der Waals surface area contributed by atoms with Gasteiger partial charge in [-0.1, -0.05) is 12.1 Å². The molecule has 0 aliphatic rings. The Morgan fingerprint density at radius 2 is 2.07 bits per heavy atom. The van der Waals surface area contributed by atoms with Crippen LogP contribution >= 0.6 is 11.3 Å². The number of rotatable bonds is 6. The van der Waals surface area contributed by atoms with E-state index in [-0.39, 0.29) is 12.6 Å².